The average molecular weight is 198 g/mol. The largest absolute Gasteiger partial charge is 0.328 e. The number of ketones is 1. The van der Waals surface area contributed by atoms with Crippen LogP contribution in [0.5, 0.6) is 0 Å². The molecule has 0 fully saturated rings. The fourth-order valence-electron chi connectivity index (χ4n) is 1.09. The second-order valence-corrected chi connectivity index (χ2v) is 3.49. The zero-order valence-electron chi connectivity index (χ0n) is 7.46. The van der Waals surface area contributed by atoms with Gasteiger partial charge in [0.25, 0.3) is 0 Å². The molecule has 0 saturated carbocycles. The number of rotatable bonds is 3. The molecule has 0 aromatic heterocycles. The van der Waals surface area contributed by atoms with Crippen LogP contribution in [0.1, 0.15) is 23.7 Å². The fourth-order valence-corrected chi connectivity index (χ4v) is 1.33. The molecule has 0 bridgehead atoms. The van der Waals surface area contributed by atoms with Gasteiger partial charge >= 0.3 is 0 Å². The van der Waals surface area contributed by atoms with Gasteiger partial charge in [-0.3, -0.25) is 4.79 Å². The van der Waals surface area contributed by atoms with E-state index in [-0.39, 0.29) is 11.8 Å². The van der Waals surface area contributed by atoms with E-state index in [1.165, 1.54) is 0 Å². The van der Waals surface area contributed by atoms with Gasteiger partial charge in [0, 0.05) is 18.0 Å². The highest BCUT2D eigenvalue weighted by molar-refractivity contribution is 6.33. The van der Waals surface area contributed by atoms with Crippen LogP contribution in [0.3, 0.4) is 0 Å². The predicted octanol–water partition coefficient (Wildman–Crippen LogP) is 2.26. The Morgan fingerprint density at radius 3 is 2.69 bits per heavy atom. The van der Waals surface area contributed by atoms with Gasteiger partial charge in [0.1, 0.15) is 0 Å². The molecule has 0 radical (unpaired) electrons. The molecule has 2 nitrogen and oxygen atoms in total. The maximum atomic E-state index is 11.5. The van der Waals surface area contributed by atoms with E-state index in [1.807, 2.05) is 0 Å². The number of hydrogen-bond donors (Lipinski definition) is 1. The molecule has 0 saturated heterocycles. The first-order chi connectivity index (χ1) is 6.11. The van der Waals surface area contributed by atoms with E-state index < -0.39 is 0 Å². The average Bonchev–Trinajstić information content (AvgIpc) is 2.03. The van der Waals surface area contributed by atoms with E-state index in [2.05, 4.69) is 0 Å². The molecule has 2 N–H and O–H groups in total. The Labute approximate surface area is 82.7 Å². The molecule has 0 spiro atoms. The molecule has 1 atom stereocenters. The number of Topliss-reactive ketones (excluding diaryl/α,β-unsaturated/α-hetero) is 1. The topological polar surface area (TPSA) is 43.1 Å². The van der Waals surface area contributed by atoms with Crippen LogP contribution >= 0.6 is 11.6 Å². The molecule has 0 aliphatic heterocycles. The summed E-state index contributed by atoms with van der Waals surface area (Å²) in [6.07, 6.45) is 0.337. The number of carbonyl (C=O) groups excluding carboxylic acids is 1. The Morgan fingerprint density at radius 1 is 1.54 bits per heavy atom. The van der Waals surface area contributed by atoms with E-state index in [1.54, 1.807) is 31.2 Å². The van der Waals surface area contributed by atoms with Crippen LogP contribution in [-0.4, -0.2) is 11.8 Å². The number of nitrogens with two attached hydrogens (primary N) is 1. The summed E-state index contributed by atoms with van der Waals surface area (Å²) in [7, 11) is 0. The van der Waals surface area contributed by atoms with Crippen LogP contribution in [-0.2, 0) is 0 Å². The Hall–Kier alpha value is -0.860. The Kier molecular flexibility index (Phi) is 3.46. The van der Waals surface area contributed by atoms with E-state index in [0.717, 1.165) is 0 Å². The van der Waals surface area contributed by atoms with Crippen molar-refractivity contribution in [1.29, 1.82) is 0 Å². The molecule has 1 aromatic rings. The molecule has 0 amide bonds. The highest BCUT2D eigenvalue weighted by Gasteiger charge is 2.10. The molecule has 1 aromatic carbocycles. The third-order valence-corrected chi connectivity index (χ3v) is 2.01. The van der Waals surface area contributed by atoms with Gasteiger partial charge in [-0.05, 0) is 19.1 Å². The van der Waals surface area contributed by atoms with E-state index in [4.69, 9.17) is 17.3 Å². The SMILES string of the molecule is CC(N)CC(=O)c1ccccc1Cl. The Morgan fingerprint density at radius 2 is 2.15 bits per heavy atom. The summed E-state index contributed by atoms with van der Waals surface area (Å²) < 4.78 is 0. The molecule has 0 aliphatic carbocycles. The summed E-state index contributed by atoms with van der Waals surface area (Å²) in [6, 6.07) is 6.89. The molecular weight excluding hydrogens is 186 g/mol. The second kappa shape index (κ2) is 4.40. The van der Waals surface area contributed by atoms with E-state index in [9.17, 15) is 4.79 Å². The third-order valence-electron chi connectivity index (χ3n) is 1.68. The van der Waals surface area contributed by atoms with Crippen molar-refractivity contribution < 1.29 is 4.79 Å². The van der Waals surface area contributed by atoms with Crippen LogP contribution in [0.15, 0.2) is 24.3 Å². The molecule has 1 rings (SSSR count). The lowest BCUT2D eigenvalue weighted by Gasteiger charge is -2.05. The van der Waals surface area contributed by atoms with Crippen molar-refractivity contribution in [2.75, 3.05) is 0 Å². The summed E-state index contributed by atoms with van der Waals surface area (Å²) in [5, 5.41) is 0.494. The fraction of sp³-hybridized carbons (Fsp3) is 0.300. The number of carbonyl (C=O) groups is 1. The predicted molar refractivity (Wildman–Crippen MR) is 54.0 cm³/mol. The minimum absolute atomic E-state index is 0.000556. The lowest BCUT2D eigenvalue weighted by Crippen LogP contribution is -2.19. The van der Waals surface area contributed by atoms with Gasteiger partial charge in [0.2, 0.25) is 0 Å². The molecule has 70 valence electrons. The normalized spacial score (nSPS) is 12.5. The van der Waals surface area contributed by atoms with Crippen LogP contribution in [0.2, 0.25) is 5.02 Å². The maximum absolute atomic E-state index is 11.5. The van der Waals surface area contributed by atoms with Crippen LogP contribution in [0.4, 0.5) is 0 Å². The molecule has 0 heterocycles. The van der Waals surface area contributed by atoms with Gasteiger partial charge in [-0.1, -0.05) is 23.7 Å². The molecular formula is C10H12ClNO. The zero-order chi connectivity index (χ0) is 9.84. The van der Waals surface area contributed by atoms with Crippen molar-refractivity contribution in [1.82, 2.24) is 0 Å². The summed E-state index contributed by atoms with van der Waals surface area (Å²) in [5.74, 6) is 0.000556. The summed E-state index contributed by atoms with van der Waals surface area (Å²) in [4.78, 5) is 11.5. The molecule has 1 unspecified atom stereocenters. The number of benzene rings is 1. The van der Waals surface area contributed by atoms with Gasteiger partial charge in [-0.25, -0.2) is 0 Å². The van der Waals surface area contributed by atoms with Crippen molar-refractivity contribution in [2.45, 2.75) is 19.4 Å². The van der Waals surface area contributed by atoms with Gasteiger partial charge in [-0.15, -0.1) is 0 Å². The summed E-state index contributed by atoms with van der Waals surface area (Å²) in [6.45, 7) is 1.80. The second-order valence-electron chi connectivity index (χ2n) is 3.08. The Bertz CT molecular complexity index is 310. The highest BCUT2D eigenvalue weighted by atomic mass is 35.5. The quantitative estimate of drug-likeness (QED) is 0.756. The van der Waals surface area contributed by atoms with E-state index >= 15 is 0 Å². The first-order valence-corrected chi connectivity index (χ1v) is 4.52. The van der Waals surface area contributed by atoms with Gasteiger partial charge in [-0.2, -0.15) is 0 Å². The minimum atomic E-state index is -0.122. The summed E-state index contributed by atoms with van der Waals surface area (Å²) >= 11 is 5.84. The monoisotopic (exact) mass is 197 g/mol. The van der Waals surface area contributed by atoms with Crippen molar-refractivity contribution in [3.63, 3.8) is 0 Å². The molecule has 13 heavy (non-hydrogen) atoms. The van der Waals surface area contributed by atoms with Crippen LogP contribution in [0.25, 0.3) is 0 Å². The Balaban J connectivity index is 2.83. The lowest BCUT2D eigenvalue weighted by atomic mass is 10.1. The summed E-state index contributed by atoms with van der Waals surface area (Å²) in [5.41, 5.74) is 6.07. The smallest absolute Gasteiger partial charge is 0.165 e. The van der Waals surface area contributed by atoms with Crippen LogP contribution in [0, 0.1) is 0 Å². The van der Waals surface area contributed by atoms with Gasteiger partial charge < -0.3 is 5.73 Å². The first kappa shape index (κ1) is 10.2. The zero-order valence-corrected chi connectivity index (χ0v) is 8.21. The van der Waals surface area contributed by atoms with Crippen molar-refractivity contribution in [2.24, 2.45) is 5.73 Å². The third kappa shape index (κ3) is 2.83. The van der Waals surface area contributed by atoms with Crippen LogP contribution < -0.4 is 5.73 Å². The van der Waals surface area contributed by atoms with Crippen molar-refractivity contribution in [3.8, 4) is 0 Å². The lowest BCUT2D eigenvalue weighted by molar-refractivity contribution is 0.0977. The molecule has 3 heteroatoms. The van der Waals surface area contributed by atoms with Gasteiger partial charge in [0.05, 0.1) is 5.02 Å². The maximum Gasteiger partial charge on any atom is 0.165 e. The van der Waals surface area contributed by atoms with Crippen molar-refractivity contribution >= 4 is 17.4 Å². The standard InChI is InChI=1S/C10H12ClNO/c1-7(12)6-10(13)8-4-2-3-5-9(8)11/h2-5,7H,6,12H2,1H3. The van der Waals surface area contributed by atoms with E-state index in [0.29, 0.717) is 17.0 Å². The number of hydrogen-bond acceptors (Lipinski definition) is 2. The first-order valence-electron chi connectivity index (χ1n) is 4.14. The minimum Gasteiger partial charge on any atom is -0.328 e. The molecule has 0 aliphatic rings. The highest BCUT2D eigenvalue weighted by Crippen LogP contribution is 2.16. The van der Waals surface area contributed by atoms with Gasteiger partial charge in [0.15, 0.2) is 5.78 Å². The van der Waals surface area contributed by atoms with Crippen molar-refractivity contribution in [3.05, 3.63) is 34.9 Å². The number of halogens is 1.